The van der Waals surface area contributed by atoms with E-state index < -0.39 is 104 Å². The van der Waals surface area contributed by atoms with E-state index in [4.69, 9.17) is 23.1 Å². The second-order valence-corrected chi connectivity index (χ2v) is 12.9. The highest BCUT2D eigenvalue weighted by Gasteiger charge is 2.29. The van der Waals surface area contributed by atoms with Gasteiger partial charge in [-0.3, -0.25) is 43.7 Å². The first-order valence-corrected chi connectivity index (χ1v) is 17.9. The lowest BCUT2D eigenvalue weighted by Gasteiger charge is -2.27. The average molecular weight is 782 g/mol. The summed E-state index contributed by atoms with van der Waals surface area (Å²) in [5, 5.41) is 34.4. The first-order valence-electron chi connectivity index (χ1n) is 17.5. The normalized spacial score (nSPS) is 22.3. The van der Waals surface area contributed by atoms with Crippen molar-refractivity contribution in [3.63, 3.8) is 0 Å². The molecule has 1 saturated heterocycles. The first kappa shape index (κ1) is 45.3. The molecule has 21 heteroatoms. The van der Waals surface area contributed by atoms with E-state index in [-0.39, 0.29) is 32.5 Å². The summed E-state index contributed by atoms with van der Waals surface area (Å²) in [7, 11) is 0. The molecule has 5 unspecified atom stereocenters. The predicted octanol–water partition coefficient (Wildman–Crippen LogP) is -4.56. The summed E-state index contributed by atoms with van der Waals surface area (Å²) in [5.74, 6) is -5.57. The van der Waals surface area contributed by atoms with Gasteiger partial charge in [-0.15, -0.1) is 0 Å². The van der Waals surface area contributed by atoms with Gasteiger partial charge in [-0.05, 0) is 50.3 Å². The zero-order valence-electron chi connectivity index (χ0n) is 30.1. The third kappa shape index (κ3) is 17.8. The van der Waals surface area contributed by atoms with Crippen molar-refractivity contribution in [1.29, 1.82) is 0 Å². The molecule has 8 amide bonds. The lowest BCUT2D eigenvalue weighted by Crippen LogP contribution is -2.58. The molecule has 0 saturated carbocycles. The van der Waals surface area contributed by atoms with Gasteiger partial charge in [0.25, 0.3) is 0 Å². The molecule has 5 atom stereocenters. The van der Waals surface area contributed by atoms with Crippen LogP contribution in [0.4, 0.5) is 0 Å². The Balaban J connectivity index is 2.31. The number of aliphatic hydroxyl groups is 1. The molecule has 20 nitrogen and oxygen atoms in total. The molecular formula is C33H52ClN11O9. The van der Waals surface area contributed by atoms with E-state index in [1.165, 1.54) is 6.92 Å². The number of rotatable bonds is 11. The fourth-order valence-electron chi connectivity index (χ4n) is 5.29. The maximum atomic E-state index is 13.3. The summed E-state index contributed by atoms with van der Waals surface area (Å²) in [4.78, 5) is 101. The molecule has 0 aliphatic carbocycles. The van der Waals surface area contributed by atoms with Crippen LogP contribution in [0.15, 0.2) is 24.3 Å². The summed E-state index contributed by atoms with van der Waals surface area (Å²) >= 11 is 6.29. The molecule has 0 aromatic heterocycles. The van der Waals surface area contributed by atoms with E-state index in [2.05, 4.69) is 47.9 Å². The van der Waals surface area contributed by atoms with Gasteiger partial charge in [-0.1, -0.05) is 29.8 Å². The average Bonchev–Trinajstić information content (AvgIpc) is 3.12. The van der Waals surface area contributed by atoms with E-state index in [0.29, 0.717) is 36.4 Å². The van der Waals surface area contributed by atoms with E-state index in [1.807, 2.05) is 0 Å². The fourth-order valence-corrected chi connectivity index (χ4v) is 5.50. The van der Waals surface area contributed by atoms with Crippen molar-refractivity contribution in [3.05, 3.63) is 34.9 Å². The largest absolute Gasteiger partial charge is 0.376 e. The third-order valence-electron chi connectivity index (χ3n) is 8.09. The van der Waals surface area contributed by atoms with Crippen LogP contribution in [0.5, 0.6) is 0 Å². The number of carbonyl (C=O) groups is 8. The van der Waals surface area contributed by atoms with Gasteiger partial charge in [0, 0.05) is 31.6 Å². The number of amides is 8. The quantitative estimate of drug-likeness (QED) is 0.0746. The minimum atomic E-state index is -1.68. The number of nitrogens with one attached hydrogen (secondary N) is 9. The zero-order valence-corrected chi connectivity index (χ0v) is 30.9. The van der Waals surface area contributed by atoms with Crippen molar-refractivity contribution >= 4 is 58.9 Å². The fraction of sp³-hybridized carbons (Fsp3) is 0.576. The smallest absolute Gasteiger partial charge is 0.243 e. The Bertz CT molecular complexity index is 1470. The van der Waals surface area contributed by atoms with Crippen LogP contribution < -0.4 is 59.3 Å². The van der Waals surface area contributed by atoms with Crippen molar-refractivity contribution in [3.8, 4) is 0 Å². The Morgan fingerprint density at radius 3 is 2.33 bits per heavy atom. The van der Waals surface area contributed by atoms with E-state index >= 15 is 0 Å². The summed E-state index contributed by atoms with van der Waals surface area (Å²) in [6.07, 6.45) is -0.744. The van der Waals surface area contributed by atoms with Gasteiger partial charge in [0.2, 0.25) is 47.3 Å². The lowest BCUT2D eigenvalue weighted by atomic mass is 10.0. The van der Waals surface area contributed by atoms with Crippen LogP contribution in [0, 0.1) is 0 Å². The zero-order chi connectivity index (χ0) is 40.0. The van der Waals surface area contributed by atoms with Gasteiger partial charge in [0.1, 0.15) is 24.4 Å². The van der Waals surface area contributed by atoms with E-state index in [0.717, 1.165) is 0 Å². The number of primary amides is 1. The van der Waals surface area contributed by atoms with Crippen LogP contribution in [0.2, 0.25) is 5.02 Å². The second kappa shape index (κ2) is 24.4. The summed E-state index contributed by atoms with van der Waals surface area (Å²) in [5.41, 5.74) is 11.4. The van der Waals surface area contributed by atoms with Crippen LogP contribution in [0.3, 0.4) is 0 Å². The van der Waals surface area contributed by atoms with Crippen LogP contribution >= 0.6 is 11.6 Å². The van der Waals surface area contributed by atoms with Gasteiger partial charge in [-0.25, -0.2) is 0 Å². The Hall–Kier alpha value is -4.89. The highest BCUT2D eigenvalue weighted by molar-refractivity contribution is 6.31. The van der Waals surface area contributed by atoms with Crippen LogP contribution in [-0.4, -0.2) is 122 Å². The lowest BCUT2D eigenvalue weighted by molar-refractivity contribution is -0.131. The minimum absolute atomic E-state index is 0.0947. The molecule has 2 rings (SSSR count). The Morgan fingerprint density at radius 1 is 0.944 bits per heavy atom. The van der Waals surface area contributed by atoms with Gasteiger partial charge in [-0.2, -0.15) is 0 Å². The molecule has 1 aromatic rings. The number of hydrogen-bond donors (Lipinski definition) is 12. The monoisotopic (exact) mass is 781 g/mol. The van der Waals surface area contributed by atoms with Crippen LogP contribution in [0.1, 0.15) is 51.0 Å². The van der Waals surface area contributed by atoms with Crippen molar-refractivity contribution in [1.82, 2.24) is 47.9 Å². The summed E-state index contributed by atoms with van der Waals surface area (Å²) in [6.45, 7) is 0.361. The summed E-state index contributed by atoms with van der Waals surface area (Å²) in [6, 6.07) is 1.92. The molecule has 300 valence electrons. The molecule has 54 heavy (non-hydrogen) atoms. The van der Waals surface area contributed by atoms with Gasteiger partial charge >= 0.3 is 0 Å². The highest BCUT2D eigenvalue weighted by Crippen LogP contribution is 2.17. The number of carbonyl (C=O) groups excluding carboxylic acids is 8. The molecule has 1 fully saturated rings. The topological polar surface area (TPSA) is 317 Å². The van der Waals surface area contributed by atoms with Gasteiger partial charge < -0.3 is 59.1 Å². The van der Waals surface area contributed by atoms with Crippen molar-refractivity contribution in [2.45, 2.75) is 82.3 Å². The Morgan fingerprint density at radius 2 is 1.65 bits per heavy atom. The molecule has 0 spiro atoms. The predicted molar refractivity (Wildman–Crippen MR) is 196 cm³/mol. The van der Waals surface area contributed by atoms with Gasteiger partial charge in [0.15, 0.2) is 0 Å². The standard InChI is InChI=1S/C33H52ClN11O9/c1-19(46)42-23(10-6-11-37-18-35)33(54)45-25-14-26(47)38-12-5-4-9-22(30(36)51)43-28(49)16-39-27(48)15-40-31(52)24(44-29(50)17-41-32(25)53)13-20-7-2-3-8-21(20)34/h2-3,7-8,22-25,32,37,41,53H,4-6,9-18,35H2,1H3,(H2,36,51)(H,38,47)(H,39,48)(H,40,52)(H,42,46)(H,43,49)(H,44,50)(H,45,54). The molecule has 14 N–H and O–H groups in total. The molecule has 1 heterocycles. The van der Waals surface area contributed by atoms with Crippen molar-refractivity contribution in [2.75, 3.05) is 39.4 Å². The molecule has 1 aromatic carbocycles. The first-order chi connectivity index (χ1) is 25.7. The number of aliphatic hydroxyl groups excluding tert-OH is 1. The third-order valence-corrected chi connectivity index (χ3v) is 8.46. The van der Waals surface area contributed by atoms with Gasteiger partial charge in [0.05, 0.1) is 32.1 Å². The Labute approximate surface area is 317 Å². The van der Waals surface area contributed by atoms with Crippen molar-refractivity contribution < 1.29 is 43.5 Å². The molecule has 0 radical (unpaired) electrons. The molecule has 0 bridgehead atoms. The minimum Gasteiger partial charge on any atom is -0.376 e. The van der Waals surface area contributed by atoms with Crippen molar-refractivity contribution in [2.24, 2.45) is 11.5 Å². The molecule has 1 aliphatic rings. The maximum Gasteiger partial charge on any atom is 0.243 e. The van der Waals surface area contributed by atoms with Crippen LogP contribution in [-0.2, 0) is 44.8 Å². The maximum absolute atomic E-state index is 13.3. The van der Waals surface area contributed by atoms with E-state index in [1.54, 1.807) is 24.3 Å². The Kier molecular flexibility index (Phi) is 20.5. The number of nitrogens with two attached hydrogens (primary N) is 2. The number of benzene rings is 1. The molecular weight excluding hydrogens is 730 g/mol. The van der Waals surface area contributed by atoms with Crippen LogP contribution in [0.25, 0.3) is 0 Å². The highest BCUT2D eigenvalue weighted by atomic mass is 35.5. The SMILES string of the molecule is CC(=O)NC(CCCNCN)C(=O)NC1CC(=O)NCCCCC(C(N)=O)NC(=O)CNC(=O)CNC(=O)C(Cc2ccccc2Cl)NC(=O)CNC1O. The molecule has 1 aliphatic heterocycles. The number of halogens is 1. The second-order valence-electron chi connectivity index (χ2n) is 12.5. The summed E-state index contributed by atoms with van der Waals surface area (Å²) < 4.78 is 0. The van der Waals surface area contributed by atoms with E-state index in [9.17, 15) is 43.5 Å². The number of hydrogen-bond acceptors (Lipinski definition) is 12.